The largest absolute Gasteiger partial charge is 0.376 e. The molecule has 0 radical (unpaired) electrons. The Morgan fingerprint density at radius 2 is 1.96 bits per heavy atom. The van der Waals surface area contributed by atoms with E-state index in [9.17, 15) is 13.2 Å². The molecule has 28 heavy (non-hydrogen) atoms. The number of nitrogens with zero attached hydrogens (tertiary/aromatic N) is 2. The average molecular weight is 428 g/mol. The van der Waals surface area contributed by atoms with Crippen molar-refractivity contribution in [3.63, 3.8) is 0 Å². The molecule has 2 aliphatic carbocycles. The lowest BCUT2D eigenvalue weighted by atomic mass is 9.77. The van der Waals surface area contributed by atoms with Gasteiger partial charge in [-0.15, -0.1) is 11.3 Å². The van der Waals surface area contributed by atoms with Gasteiger partial charge in [0.05, 0.1) is 6.10 Å². The van der Waals surface area contributed by atoms with Gasteiger partial charge in [0.1, 0.15) is 9.77 Å². The summed E-state index contributed by atoms with van der Waals surface area (Å²) in [7, 11) is 0.303. The summed E-state index contributed by atoms with van der Waals surface area (Å²) in [5, 5.41) is 6.89. The second kappa shape index (κ2) is 7.68. The molecular weight excluding hydrogens is 398 g/mol. The fourth-order valence-electron chi connectivity index (χ4n) is 4.64. The van der Waals surface area contributed by atoms with Gasteiger partial charge >= 0.3 is 0 Å². The van der Waals surface area contributed by atoms with E-state index in [1.807, 2.05) is 4.90 Å². The van der Waals surface area contributed by atoms with Gasteiger partial charge in [0.25, 0.3) is 5.91 Å². The van der Waals surface area contributed by atoms with Crippen molar-refractivity contribution in [3.05, 3.63) is 16.3 Å². The van der Waals surface area contributed by atoms with Gasteiger partial charge in [-0.3, -0.25) is 4.79 Å². The maximum absolute atomic E-state index is 13.0. The van der Waals surface area contributed by atoms with Gasteiger partial charge in [-0.05, 0) is 69.0 Å². The minimum absolute atomic E-state index is 0.0609. The Balaban J connectivity index is 1.46. The number of carbonyl (C=O) groups excluding carboxylic acids is 1. The van der Waals surface area contributed by atoms with E-state index < -0.39 is 10.0 Å². The minimum Gasteiger partial charge on any atom is -0.376 e. The molecule has 7 nitrogen and oxygen atoms in total. The first-order valence-electron chi connectivity index (χ1n) is 9.91. The third kappa shape index (κ3) is 4.14. The van der Waals surface area contributed by atoms with Crippen LogP contribution in [0.4, 0.5) is 0 Å². The number of ether oxygens (including phenoxy) is 1. The number of hydrogen-bond donors (Lipinski definition) is 1. The molecule has 2 heterocycles. The third-order valence-corrected chi connectivity index (χ3v) is 8.39. The van der Waals surface area contributed by atoms with E-state index in [1.54, 1.807) is 5.38 Å². The molecule has 0 unspecified atom stereocenters. The lowest BCUT2D eigenvalue weighted by molar-refractivity contribution is -0.0493. The summed E-state index contributed by atoms with van der Waals surface area (Å²) in [5.41, 5.74) is 0. The standard InChI is InChI=1S/C19H29N3O4S2/c1-21(2)15-7-13-9-22(10-14(13)8-16(15)26-11-12-3-4-12)19(23)18-17(5-6-27-18)28(20,24)25/h5-6,12-16H,3-4,7-11H2,1-2H3,(H2,20,24,25)/t13-,14+,15-,16-/m1/s1. The minimum atomic E-state index is -3.89. The van der Waals surface area contributed by atoms with Crippen molar-refractivity contribution in [1.82, 2.24) is 9.80 Å². The molecular formula is C19H29N3O4S2. The SMILES string of the molecule is CN(C)[C@@H]1C[C@@H]2CN(C(=O)c3sccc3S(N)(=O)=O)C[C@@H]2C[C@H]1OCC1CC1. The van der Waals surface area contributed by atoms with Crippen molar-refractivity contribution in [1.29, 1.82) is 0 Å². The number of fused-ring (bicyclic) bond motifs is 1. The van der Waals surface area contributed by atoms with Gasteiger partial charge < -0.3 is 14.5 Å². The van der Waals surface area contributed by atoms with E-state index in [-0.39, 0.29) is 21.8 Å². The number of sulfonamides is 1. The Kier molecular flexibility index (Phi) is 5.56. The normalized spacial score (nSPS) is 30.6. The summed E-state index contributed by atoms with van der Waals surface area (Å²) >= 11 is 1.15. The smallest absolute Gasteiger partial charge is 0.265 e. The fraction of sp³-hybridized carbons (Fsp3) is 0.737. The van der Waals surface area contributed by atoms with Gasteiger partial charge in [0, 0.05) is 25.7 Å². The quantitative estimate of drug-likeness (QED) is 0.744. The highest BCUT2D eigenvalue weighted by molar-refractivity contribution is 7.89. The van der Waals surface area contributed by atoms with Crippen LogP contribution in [0.1, 0.15) is 35.4 Å². The van der Waals surface area contributed by atoms with E-state index in [4.69, 9.17) is 9.88 Å². The first-order valence-corrected chi connectivity index (χ1v) is 12.3. The molecule has 0 spiro atoms. The highest BCUT2D eigenvalue weighted by Crippen LogP contribution is 2.41. The van der Waals surface area contributed by atoms with E-state index in [0.717, 1.165) is 36.7 Å². The zero-order valence-electron chi connectivity index (χ0n) is 16.4. The maximum Gasteiger partial charge on any atom is 0.265 e. The van der Waals surface area contributed by atoms with Crippen LogP contribution in [0, 0.1) is 17.8 Å². The Labute approximate surface area is 170 Å². The van der Waals surface area contributed by atoms with Gasteiger partial charge in [-0.25, -0.2) is 13.6 Å². The van der Waals surface area contributed by atoms with Gasteiger partial charge in [-0.2, -0.15) is 0 Å². The molecule has 1 amide bonds. The Bertz CT molecular complexity index is 834. The molecule has 1 aromatic rings. The number of hydrogen-bond acceptors (Lipinski definition) is 6. The predicted octanol–water partition coefficient (Wildman–Crippen LogP) is 1.60. The number of likely N-dealkylation sites (tertiary alicyclic amines) is 1. The van der Waals surface area contributed by atoms with Gasteiger partial charge in [0.15, 0.2) is 0 Å². The molecule has 2 N–H and O–H groups in total. The van der Waals surface area contributed by atoms with E-state index in [1.165, 1.54) is 18.9 Å². The molecule has 4 atom stereocenters. The van der Waals surface area contributed by atoms with E-state index in [2.05, 4.69) is 19.0 Å². The lowest BCUT2D eigenvalue weighted by Gasteiger charge is -2.41. The van der Waals surface area contributed by atoms with Crippen molar-refractivity contribution >= 4 is 27.3 Å². The summed E-state index contributed by atoms with van der Waals surface area (Å²) in [4.78, 5) is 17.2. The van der Waals surface area contributed by atoms with Crippen LogP contribution in [0.3, 0.4) is 0 Å². The molecule has 0 bridgehead atoms. The zero-order valence-corrected chi connectivity index (χ0v) is 18.0. The number of carbonyl (C=O) groups is 1. The van der Waals surface area contributed by atoms with Crippen molar-refractivity contribution in [2.45, 2.75) is 42.7 Å². The number of thiophene rings is 1. The Morgan fingerprint density at radius 3 is 2.57 bits per heavy atom. The number of nitrogens with two attached hydrogens (primary N) is 1. The summed E-state index contributed by atoms with van der Waals surface area (Å²) in [6, 6.07) is 1.77. The molecule has 156 valence electrons. The van der Waals surface area contributed by atoms with Crippen LogP contribution in [0.15, 0.2) is 16.3 Å². The molecule has 1 aromatic heterocycles. The number of rotatable bonds is 6. The van der Waals surface area contributed by atoms with Crippen molar-refractivity contribution in [2.24, 2.45) is 22.9 Å². The van der Waals surface area contributed by atoms with Crippen LogP contribution in [0.25, 0.3) is 0 Å². The molecule has 9 heteroatoms. The zero-order chi connectivity index (χ0) is 20.1. The van der Waals surface area contributed by atoms with Crippen LogP contribution in [0.2, 0.25) is 0 Å². The summed E-state index contributed by atoms with van der Waals surface area (Å²) in [5.74, 6) is 1.35. The topological polar surface area (TPSA) is 92.9 Å². The van der Waals surface area contributed by atoms with Crippen LogP contribution in [-0.2, 0) is 14.8 Å². The first-order chi connectivity index (χ1) is 13.2. The van der Waals surface area contributed by atoms with Crippen molar-refractivity contribution < 1.29 is 17.9 Å². The van der Waals surface area contributed by atoms with Gasteiger partial charge in [0.2, 0.25) is 10.0 Å². The maximum atomic E-state index is 13.0. The molecule has 0 aromatic carbocycles. The molecule has 3 fully saturated rings. The highest BCUT2D eigenvalue weighted by atomic mass is 32.2. The van der Waals surface area contributed by atoms with E-state index in [0.29, 0.717) is 31.0 Å². The van der Waals surface area contributed by atoms with E-state index >= 15 is 0 Å². The van der Waals surface area contributed by atoms with Crippen LogP contribution >= 0.6 is 11.3 Å². The molecule has 4 rings (SSSR count). The summed E-state index contributed by atoms with van der Waals surface area (Å²) in [6.07, 6.45) is 4.72. The predicted molar refractivity (Wildman–Crippen MR) is 108 cm³/mol. The second-order valence-corrected chi connectivity index (χ2v) is 11.2. The Morgan fingerprint density at radius 1 is 1.29 bits per heavy atom. The highest BCUT2D eigenvalue weighted by Gasteiger charge is 2.45. The monoisotopic (exact) mass is 427 g/mol. The molecule has 2 saturated carbocycles. The van der Waals surface area contributed by atoms with Crippen LogP contribution in [-0.4, -0.2) is 70.1 Å². The van der Waals surface area contributed by atoms with Crippen molar-refractivity contribution in [3.8, 4) is 0 Å². The third-order valence-electron chi connectivity index (χ3n) is 6.41. The van der Waals surface area contributed by atoms with Crippen LogP contribution in [0.5, 0.6) is 0 Å². The summed E-state index contributed by atoms with van der Waals surface area (Å²) < 4.78 is 29.8. The number of likely N-dealkylation sites (N-methyl/N-ethyl adjacent to an activating group) is 1. The first kappa shape index (κ1) is 20.3. The second-order valence-electron chi connectivity index (χ2n) is 8.71. The Hall–Kier alpha value is -1.00. The van der Waals surface area contributed by atoms with Gasteiger partial charge in [-0.1, -0.05) is 0 Å². The summed E-state index contributed by atoms with van der Waals surface area (Å²) in [6.45, 7) is 2.18. The molecule has 1 aliphatic heterocycles. The fourth-order valence-corrected chi connectivity index (χ4v) is 6.58. The number of primary sulfonamides is 1. The average Bonchev–Trinajstić information content (AvgIpc) is 3.15. The number of amides is 1. The molecule has 1 saturated heterocycles. The van der Waals surface area contributed by atoms with Crippen molar-refractivity contribution in [2.75, 3.05) is 33.8 Å². The van der Waals surface area contributed by atoms with Crippen LogP contribution < -0.4 is 5.14 Å². The molecule has 3 aliphatic rings. The lowest BCUT2D eigenvalue weighted by Crippen LogP contribution is -2.48.